The van der Waals surface area contributed by atoms with Crippen molar-refractivity contribution >= 4 is 29.3 Å². The molecule has 94 valence electrons. The molecule has 1 aromatic carbocycles. The van der Waals surface area contributed by atoms with E-state index >= 15 is 0 Å². The van der Waals surface area contributed by atoms with Crippen molar-refractivity contribution < 1.29 is 4.79 Å². The summed E-state index contributed by atoms with van der Waals surface area (Å²) in [6.07, 6.45) is 3.52. The molecular formula is C12H12ClN3OS. The number of thioether (sulfide) groups is 1. The Bertz CT molecular complexity index is 553. The van der Waals surface area contributed by atoms with Gasteiger partial charge in [-0.25, -0.2) is 4.98 Å². The number of carbonyl (C=O) groups excluding carboxylic acids is 1. The number of primary amides is 1. The first-order chi connectivity index (χ1) is 8.58. The smallest absolute Gasteiger partial charge is 0.230 e. The molecule has 0 aliphatic rings. The standard InChI is InChI=1S/C12H12ClN3OS/c1-8(11(14)17)18-12-15-6-7-16(12)10-4-2-9(13)3-5-10/h2-8H,1H3,(H2,14,17)/t8-/m0/s1. The van der Waals surface area contributed by atoms with Crippen LogP contribution in [0, 0.1) is 0 Å². The number of aromatic nitrogens is 2. The van der Waals surface area contributed by atoms with Crippen LogP contribution in [0.4, 0.5) is 0 Å². The lowest BCUT2D eigenvalue weighted by atomic mass is 10.3. The van der Waals surface area contributed by atoms with E-state index in [9.17, 15) is 4.79 Å². The summed E-state index contributed by atoms with van der Waals surface area (Å²) in [5, 5.41) is 1.08. The van der Waals surface area contributed by atoms with Crippen LogP contribution in [-0.4, -0.2) is 20.7 Å². The lowest BCUT2D eigenvalue weighted by molar-refractivity contribution is -0.117. The Kier molecular flexibility index (Phi) is 3.93. The fourth-order valence-corrected chi connectivity index (χ4v) is 2.35. The number of hydrogen-bond donors (Lipinski definition) is 1. The summed E-state index contributed by atoms with van der Waals surface area (Å²) >= 11 is 7.18. The monoisotopic (exact) mass is 281 g/mol. The van der Waals surface area contributed by atoms with Gasteiger partial charge in [-0.15, -0.1) is 0 Å². The van der Waals surface area contributed by atoms with Crippen molar-refractivity contribution in [1.29, 1.82) is 0 Å². The highest BCUT2D eigenvalue weighted by atomic mass is 35.5. The number of amides is 1. The van der Waals surface area contributed by atoms with Crippen LogP contribution in [0.5, 0.6) is 0 Å². The van der Waals surface area contributed by atoms with Crippen molar-refractivity contribution in [3.63, 3.8) is 0 Å². The van der Waals surface area contributed by atoms with E-state index in [1.165, 1.54) is 11.8 Å². The van der Waals surface area contributed by atoms with Crippen molar-refractivity contribution in [2.45, 2.75) is 17.3 Å². The van der Waals surface area contributed by atoms with Crippen molar-refractivity contribution in [2.24, 2.45) is 5.73 Å². The van der Waals surface area contributed by atoms with Gasteiger partial charge in [-0.1, -0.05) is 23.4 Å². The minimum absolute atomic E-state index is 0.321. The van der Waals surface area contributed by atoms with E-state index in [4.69, 9.17) is 17.3 Å². The quantitative estimate of drug-likeness (QED) is 0.876. The molecule has 6 heteroatoms. The molecule has 1 amide bonds. The third kappa shape index (κ3) is 2.86. The Morgan fingerprint density at radius 1 is 1.44 bits per heavy atom. The maximum absolute atomic E-state index is 11.1. The molecule has 18 heavy (non-hydrogen) atoms. The number of hydrogen-bond acceptors (Lipinski definition) is 3. The average Bonchev–Trinajstić information content (AvgIpc) is 2.78. The van der Waals surface area contributed by atoms with Gasteiger partial charge in [0, 0.05) is 23.1 Å². The summed E-state index contributed by atoms with van der Waals surface area (Å²) in [4.78, 5) is 15.3. The molecule has 0 spiro atoms. The van der Waals surface area contributed by atoms with Crippen LogP contribution in [0.3, 0.4) is 0 Å². The van der Waals surface area contributed by atoms with E-state index in [2.05, 4.69) is 4.98 Å². The first-order valence-corrected chi connectivity index (χ1v) is 6.59. The van der Waals surface area contributed by atoms with Crippen molar-refractivity contribution in [3.8, 4) is 5.69 Å². The van der Waals surface area contributed by atoms with Crippen LogP contribution in [0.15, 0.2) is 41.8 Å². The molecular weight excluding hydrogens is 270 g/mol. The van der Waals surface area contributed by atoms with Crippen molar-refractivity contribution in [3.05, 3.63) is 41.7 Å². The maximum atomic E-state index is 11.1. The van der Waals surface area contributed by atoms with Crippen LogP contribution in [-0.2, 0) is 4.79 Å². The van der Waals surface area contributed by atoms with Gasteiger partial charge in [0.2, 0.25) is 5.91 Å². The van der Waals surface area contributed by atoms with E-state index in [0.29, 0.717) is 5.02 Å². The molecule has 0 unspecified atom stereocenters. The van der Waals surface area contributed by atoms with Gasteiger partial charge in [-0.3, -0.25) is 9.36 Å². The Hall–Kier alpha value is -1.46. The van der Waals surface area contributed by atoms with E-state index in [1.807, 2.05) is 35.0 Å². The van der Waals surface area contributed by atoms with Gasteiger partial charge in [-0.05, 0) is 31.2 Å². The number of halogens is 1. The van der Waals surface area contributed by atoms with Crippen LogP contribution in [0.25, 0.3) is 5.69 Å². The molecule has 0 radical (unpaired) electrons. The Balaban J connectivity index is 2.27. The van der Waals surface area contributed by atoms with Gasteiger partial charge >= 0.3 is 0 Å². The highest BCUT2D eigenvalue weighted by molar-refractivity contribution is 8.00. The molecule has 2 aromatic rings. The molecule has 4 nitrogen and oxygen atoms in total. The molecule has 0 fully saturated rings. The minimum Gasteiger partial charge on any atom is -0.369 e. The fraction of sp³-hybridized carbons (Fsp3) is 0.167. The molecule has 0 aliphatic heterocycles. The molecule has 1 heterocycles. The highest BCUT2D eigenvalue weighted by Crippen LogP contribution is 2.24. The van der Waals surface area contributed by atoms with E-state index in [1.54, 1.807) is 13.1 Å². The Labute approximate surface area is 114 Å². The molecule has 0 saturated heterocycles. The summed E-state index contributed by atoms with van der Waals surface area (Å²) in [6, 6.07) is 7.40. The first-order valence-electron chi connectivity index (χ1n) is 5.33. The SMILES string of the molecule is C[C@H](Sc1nccn1-c1ccc(Cl)cc1)C(N)=O. The highest BCUT2D eigenvalue weighted by Gasteiger charge is 2.14. The van der Waals surface area contributed by atoms with Crippen molar-refractivity contribution in [1.82, 2.24) is 9.55 Å². The van der Waals surface area contributed by atoms with Gasteiger partial charge < -0.3 is 5.73 Å². The number of rotatable bonds is 4. The summed E-state index contributed by atoms with van der Waals surface area (Å²) in [5.74, 6) is -0.356. The summed E-state index contributed by atoms with van der Waals surface area (Å²) in [6.45, 7) is 1.76. The third-order valence-electron chi connectivity index (χ3n) is 2.39. The predicted molar refractivity (Wildman–Crippen MR) is 73.1 cm³/mol. The molecule has 2 rings (SSSR count). The maximum Gasteiger partial charge on any atom is 0.230 e. The Morgan fingerprint density at radius 3 is 2.72 bits per heavy atom. The first kappa shape index (κ1) is 13.0. The second-order valence-electron chi connectivity index (χ2n) is 3.72. The topological polar surface area (TPSA) is 60.9 Å². The second-order valence-corrected chi connectivity index (χ2v) is 5.46. The molecule has 0 bridgehead atoms. The molecule has 0 saturated carbocycles. The summed E-state index contributed by atoms with van der Waals surface area (Å²) in [5.41, 5.74) is 6.19. The number of nitrogens with zero attached hydrogens (tertiary/aromatic N) is 2. The van der Waals surface area contributed by atoms with Gasteiger partial charge in [0.15, 0.2) is 5.16 Å². The average molecular weight is 282 g/mol. The van der Waals surface area contributed by atoms with Gasteiger partial charge in [0.25, 0.3) is 0 Å². The molecule has 2 N–H and O–H groups in total. The van der Waals surface area contributed by atoms with E-state index in [0.717, 1.165) is 10.8 Å². The number of nitrogens with two attached hydrogens (primary N) is 1. The summed E-state index contributed by atoms with van der Waals surface area (Å²) < 4.78 is 1.89. The zero-order valence-electron chi connectivity index (χ0n) is 9.71. The number of carbonyl (C=O) groups is 1. The van der Waals surface area contributed by atoms with Crippen LogP contribution >= 0.6 is 23.4 Å². The number of imidazole rings is 1. The lowest BCUT2D eigenvalue weighted by Crippen LogP contribution is -2.22. The van der Waals surface area contributed by atoms with Crippen molar-refractivity contribution in [2.75, 3.05) is 0 Å². The second kappa shape index (κ2) is 5.46. The van der Waals surface area contributed by atoms with Gasteiger partial charge in [-0.2, -0.15) is 0 Å². The Morgan fingerprint density at radius 2 is 2.11 bits per heavy atom. The van der Waals surface area contributed by atoms with Crippen LogP contribution in [0.2, 0.25) is 5.02 Å². The van der Waals surface area contributed by atoms with Crippen LogP contribution < -0.4 is 5.73 Å². The normalized spacial score (nSPS) is 12.3. The fourth-order valence-electron chi connectivity index (χ4n) is 1.39. The van der Waals surface area contributed by atoms with Crippen LogP contribution in [0.1, 0.15) is 6.92 Å². The van der Waals surface area contributed by atoms with Gasteiger partial charge in [0.1, 0.15) is 0 Å². The lowest BCUT2D eigenvalue weighted by Gasteiger charge is -2.10. The number of benzene rings is 1. The molecule has 1 atom stereocenters. The van der Waals surface area contributed by atoms with E-state index < -0.39 is 0 Å². The molecule has 1 aromatic heterocycles. The van der Waals surface area contributed by atoms with E-state index in [-0.39, 0.29) is 11.2 Å². The predicted octanol–water partition coefficient (Wildman–Crippen LogP) is 2.49. The summed E-state index contributed by atoms with van der Waals surface area (Å²) in [7, 11) is 0. The molecule has 0 aliphatic carbocycles. The minimum atomic E-state index is -0.356. The zero-order valence-corrected chi connectivity index (χ0v) is 11.3. The van der Waals surface area contributed by atoms with Gasteiger partial charge in [0.05, 0.1) is 5.25 Å². The largest absolute Gasteiger partial charge is 0.369 e. The third-order valence-corrected chi connectivity index (χ3v) is 3.75. The zero-order chi connectivity index (χ0) is 13.1.